The summed E-state index contributed by atoms with van der Waals surface area (Å²) in [6, 6.07) is 11.8. The first-order valence-corrected chi connectivity index (χ1v) is 8.09. The highest BCUT2D eigenvalue weighted by Crippen LogP contribution is 2.39. The average molecular weight is 456 g/mol. The molecule has 2 aromatic carbocycles. The van der Waals surface area contributed by atoms with Gasteiger partial charge in [-0.2, -0.15) is 0 Å². The van der Waals surface area contributed by atoms with Crippen LogP contribution in [0.5, 0.6) is 0 Å². The second-order valence-corrected chi connectivity index (χ2v) is 6.84. The molecule has 0 spiro atoms. The Morgan fingerprint density at radius 1 is 1.11 bits per heavy atom. The van der Waals surface area contributed by atoms with E-state index in [0.717, 1.165) is 10.6 Å². The second-order valence-electron chi connectivity index (χ2n) is 4.01. The molecule has 0 radical (unpaired) electrons. The number of rotatable bonds is 2. The van der Waals surface area contributed by atoms with Gasteiger partial charge in [-0.25, -0.2) is 0 Å². The lowest BCUT2D eigenvalue weighted by atomic mass is 10.0. The van der Waals surface area contributed by atoms with Crippen LogP contribution in [0.4, 0.5) is 0 Å². The zero-order chi connectivity index (χ0) is 13.3. The molecule has 0 saturated heterocycles. The van der Waals surface area contributed by atoms with Crippen LogP contribution in [0.25, 0.3) is 0 Å². The van der Waals surface area contributed by atoms with Crippen LogP contribution >= 0.6 is 61.7 Å². The number of hydrogen-bond donors (Lipinski definition) is 0. The molecule has 0 N–H and O–H groups in total. The van der Waals surface area contributed by atoms with Crippen molar-refractivity contribution in [1.29, 1.82) is 0 Å². The van der Waals surface area contributed by atoms with E-state index in [9.17, 15) is 0 Å². The minimum absolute atomic E-state index is 0.0514. The first kappa shape index (κ1) is 14.6. The van der Waals surface area contributed by atoms with Gasteiger partial charge in [-0.1, -0.05) is 57.3 Å². The number of hydrogen-bond acceptors (Lipinski definition) is 0. The molecule has 0 heterocycles. The largest absolute Gasteiger partial charge is 0.0843 e. The quantitative estimate of drug-likeness (QED) is 0.363. The molecule has 0 saturated carbocycles. The van der Waals surface area contributed by atoms with E-state index >= 15 is 0 Å². The van der Waals surface area contributed by atoms with Crippen molar-refractivity contribution in [3.63, 3.8) is 0 Å². The third-order valence-corrected chi connectivity index (χ3v) is 5.77. The van der Waals surface area contributed by atoms with Crippen LogP contribution in [-0.4, -0.2) is 0 Å². The Kier molecular flexibility index (Phi) is 4.98. The average Bonchev–Trinajstić information content (AvgIpc) is 2.35. The van der Waals surface area contributed by atoms with Crippen LogP contribution in [-0.2, 0) is 0 Å². The zero-order valence-electron chi connectivity index (χ0n) is 9.55. The molecule has 0 aliphatic carbocycles. The van der Waals surface area contributed by atoms with Gasteiger partial charge in [0.1, 0.15) is 0 Å². The molecule has 0 amide bonds. The van der Waals surface area contributed by atoms with Crippen molar-refractivity contribution in [2.45, 2.75) is 11.8 Å². The van der Waals surface area contributed by atoms with Crippen LogP contribution in [0.3, 0.4) is 0 Å². The van der Waals surface area contributed by atoms with Gasteiger partial charge in [-0.15, -0.1) is 0 Å². The summed E-state index contributed by atoms with van der Waals surface area (Å²) in [5.41, 5.74) is 3.46. The Balaban J connectivity index is 2.51. The monoisotopic (exact) mass is 454 g/mol. The summed E-state index contributed by atoms with van der Waals surface area (Å²) < 4.78 is 1.24. The van der Waals surface area contributed by atoms with Crippen molar-refractivity contribution in [1.82, 2.24) is 0 Å². The normalized spacial score (nSPS) is 12.5. The molecular formula is C14H10BrCl2I. The maximum Gasteiger partial charge on any atom is 0.0670 e. The highest BCUT2D eigenvalue weighted by molar-refractivity contribution is 14.1. The maximum atomic E-state index is 6.24. The predicted octanol–water partition coefficient (Wildman–Crippen LogP) is 6.39. The molecule has 0 nitrogen and oxygen atoms in total. The SMILES string of the molecule is Cc1cccc(C(Br)c2cc(Cl)ccc2Cl)c1I. The summed E-state index contributed by atoms with van der Waals surface area (Å²) in [6.07, 6.45) is 0. The van der Waals surface area contributed by atoms with E-state index < -0.39 is 0 Å². The van der Waals surface area contributed by atoms with Gasteiger partial charge in [0.2, 0.25) is 0 Å². The van der Waals surface area contributed by atoms with Crippen molar-refractivity contribution in [2.24, 2.45) is 0 Å². The molecule has 18 heavy (non-hydrogen) atoms. The van der Waals surface area contributed by atoms with Gasteiger partial charge in [-0.3, -0.25) is 0 Å². The smallest absolute Gasteiger partial charge is 0.0670 e. The van der Waals surface area contributed by atoms with Crippen LogP contribution in [0.15, 0.2) is 36.4 Å². The van der Waals surface area contributed by atoms with Crippen molar-refractivity contribution in [3.8, 4) is 0 Å². The Bertz CT molecular complexity index is 582. The Hall–Kier alpha value is 0.230. The van der Waals surface area contributed by atoms with E-state index in [-0.39, 0.29) is 4.83 Å². The van der Waals surface area contributed by atoms with Crippen LogP contribution < -0.4 is 0 Å². The predicted molar refractivity (Wildman–Crippen MR) is 91.1 cm³/mol. The molecular weight excluding hydrogens is 446 g/mol. The van der Waals surface area contributed by atoms with Gasteiger partial charge in [0.25, 0.3) is 0 Å². The molecule has 0 fully saturated rings. The summed E-state index contributed by atoms with van der Waals surface area (Å²) in [6.45, 7) is 2.10. The van der Waals surface area contributed by atoms with Gasteiger partial charge in [-0.05, 0) is 64.4 Å². The Morgan fingerprint density at radius 3 is 2.56 bits per heavy atom. The van der Waals surface area contributed by atoms with E-state index in [4.69, 9.17) is 23.2 Å². The molecule has 1 atom stereocenters. The van der Waals surface area contributed by atoms with Gasteiger partial charge >= 0.3 is 0 Å². The van der Waals surface area contributed by atoms with Crippen LogP contribution in [0.1, 0.15) is 21.5 Å². The molecule has 2 rings (SSSR count). The first-order valence-electron chi connectivity index (χ1n) is 5.34. The van der Waals surface area contributed by atoms with Crippen molar-refractivity contribution in [2.75, 3.05) is 0 Å². The highest BCUT2D eigenvalue weighted by Gasteiger charge is 2.17. The standard InChI is InChI=1S/C14H10BrCl2I/c1-8-3-2-4-10(14(8)18)13(15)11-7-9(16)5-6-12(11)17/h2-7,13H,1H3. The summed E-state index contributed by atoms with van der Waals surface area (Å²) in [5, 5.41) is 1.42. The van der Waals surface area contributed by atoms with Gasteiger partial charge in [0.05, 0.1) is 4.83 Å². The molecule has 94 valence electrons. The third-order valence-electron chi connectivity index (χ3n) is 2.73. The van der Waals surface area contributed by atoms with Crippen LogP contribution in [0, 0.1) is 10.5 Å². The molecule has 0 bridgehead atoms. The minimum Gasteiger partial charge on any atom is -0.0843 e. The topological polar surface area (TPSA) is 0 Å². The Labute approximate surface area is 139 Å². The number of alkyl halides is 1. The summed E-state index contributed by atoms with van der Waals surface area (Å²) >= 11 is 18.4. The molecule has 0 aliphatic rings. The summed E-state index contributed by atoms with van der Waals surface area (Å²) in [4.78, 5) is 0.0514. The van der Waals surface area contributed by atoms with Crippen molar-refractivity contribution < 1.29 is 0 Å². The van der Waals surface area contributed by atoms with E-state index in [1.807, 2.05) is 12.1 Å². The van der Waals surface area contributed by atoms with Gasteiger partial charge in [0, 0.05) is 13.6 Å². The fourth-order valence-electron chi connectivity index (χ4n) is 1.74. The first-order chi connectivity index (χ1) is 8.50. The van der Waals surface area contributed by atoms with Crippen LogP contribution in [0.2, 0.25) is 10.0 Å². The van der Waals surface area contributed by atoms with Gasteiger partial charge in [0.15, 0.2) is 0 Å². The van der Waals surface area contributed by atoms with E-state index in [1.54, 1.807) is 6.07 Å². The van der Waals surface area contributed by atoms with E-state index in [2.05, 4.69) is 63.6 Å². The molecule has 4 heteroatoms. The van der Waals surface area contributed by atoms with Crippen molar-refractivity contribution in [3.05, 3.63) is 66.7 Å². The van der Waals surface area contributed by atoms with Gasteiger partial charge < -0.3 is 0 Å². The van der Waals surface area contributed by atoms with Crippen molar-refractivity contribution >= 4 is 61.7 Å². The lowest BCUT2D eigenvalue weighted by Crippen LogP contribution is -1.98. The second kappa shape index (κ2) is 6.12. The number of halogens is 4. The zero-order valence-corrected chi connectivity index (χ0v) is 14.8. The molecule has 1 unspecified atom stereocenters. The number of aryl methyl sites for hydroxylation is 1. The lowest BCUT2D eigenvalue weighted by Gasteiger charge is -2.16. The molecule has 2 aromatic rings. The van der Waals surface area contributed by atoms with E-state index in [1.165, 1.54) is 14.7 Å². The fourth-order valence-corrected chi connectivity index (χ4v) is 4.14. The fraction of sp³-hybridized carbons (Fsp3) is 0.143. The van der Waals surface area contributed by atoms with E-state index in [0.29, 0.717) is 5.02 Å². The third kappa shape index (κ3) is 3.03. The minimum atomic E-state index is 0.0514. The highest BCUT2D eigenvalue weighted by atomic mass is 127. The lowest BCUT2D eigenvalue weighted by molar-refractivity contribution is 1.15. The number of benzene rings is 2. The molecule has 0 aromatic heterocycles. The summed E-state index contributed by atoms with van der Waals surface area (Å²) in [7, 11) is 0. The maximum absolute atomic E-state index is 6.24. The Morgan fingerprint density at radius 2 is 1.83 bits per heavy atom. The summed E-state index contributed by atoms with van der Waals surface area (Å²) in [5.74, 6) is 0. The molecule has 0 aliphatic heterocycles.